The van der Waals surface area contributed by atoms with Crippen LogP contribution < -0.4 is 20.3 Å². The summed E-state index contributed by atoms with van der Waals surface area (Å²) in [7, 11) is 0. The van der Waals surface area contributed by atoms with Crippen molar-refractivity contribution in [1.29, 1.82) is 0 Å². The smallest absolute Gasteiger partial charge is 0.406 e. The molecule has 44 heavy (non-hydrogen) atoms. The lowest BCUT2D eigenvalue weighted by Gasteiger charge is -2.22. The lowest BCUT2D eigenvalue weighted by Crippen LogP contribution is -2.43. The van der Waals surface area contributed by atoms with Crippen LogP contribution in [-0.4, -0.2) is 59.5 Å². The van der Waals surface area contributed by atoms with Gasteiger partial charge in [-0.2, -0.15) is 0 Å². The first-order valence-corrected chi connectivity index (χ1v) is 14.2. The van der Waals surface area contributed by atoms with Gasteiger partial charge in [0.05, 0.1) is 18.1 Å². The average Bonchev–Trinajstić information content (AvgIpc) is 3.64. The monoisotopic (exact) mass is 607 g/mol. The third-order valence-corrected chi connectivity index (χ3v) is 6.74. The molecule has 0 aliphatic carbocycles. The highest BCUT2D eigenvalue weighted by Gasteiger charge is 2.31. The van der Waals surface area contributed by atoms with Crippen LogP contribution in [0.25, 0.3) is 17.1 Å². The van der Waals surface area contributed by atoms with Crippen LogP contribution in [0.15, 0.2) is 84.1 Å². The van der Waals surface area contributed by atoms with Crippen molar-refractivity contribution < 1.29 is 27.4 Å². The van der Waals surface area contributed by atoms with Gasteiger partial charge in [0.25, 0.3) is 5.91 Å². The van der Waals surface area contributed by atoms with E-state index in [2.05, 4.69) is 37.4 Å². The maximum atomic E-state index is 12.5. The number of carbonyl (C=O) groups is 1. The zero-order valence-electron chi connectivity index (χ0n) is 24.1. The number of hydrogen-bond donors (Lipinski definition) is 2. The topological polar surface area (TPSA) is 106 Å². The maximum Gasteiger partial charge on any atom is 0.573 e. The van der Waals surface area contributed by atoms with E-state index in [1.54, 1.807) is 4.90 Å². The number of amides is 1. The second kappa shape index (κ2) is 14.1. The maximum absolute atomic E-state index is 12.5. The predicted molar refractivity (Wildman–Crippen MR) is 159 cm³/mol. The van der Waals surface area contributed by atoms with Crippen LogP contribution in [0.3, 0.4) is 0 Å². The number of aliphatic imine (C=N–C) groups is 1. The van der Waals surface area contributed by atoms with Gasteiger partial charge in [-0.3, -0.25) is 10.1 Å². The van der Waals surface area contributed by atoms with Crippen molar-refractivity contribution in [2.45, 2.75) is 32.5 Å². The van der Waals surface area contributed by atoms with E-state index in [1.807, 2.05) is 48.5 Å². The Morgan fingerprint density at radius 1 is 0.955 bits per heavy atom. The number of para-hydroxylation sites is 1. The first-order chi connectivity index (χ1) is 21.3. The van der Waals surface area contributed by atoms with Gasteiger partial charge < -0.3 is 14.8 Å². The minimum atomic E-state index is -4.74. The number of benzene rings is 3. The number of guanidine groups is 1. The Morgan fingerprint density at radius 3 is 2.48 bits per heavy atom. The Hall–Kier alpha value is -4.75. The normalized spacial score (nSPS) is 13.3. The highest BCUT2D eigenvalue weighted by Crippen LogP contribution is 2.25. The molecule has 0 unspecified atom stereocenters. The zero-order chi connectivity index (χ0) is 30.9. The molecule has 1 aliphatic rings. The van der Waals surface area contributed by atoms with Crippen LogP contribution in [0.1, 0.15) is 24.5 Å². The molecular weight excluding hydrogens is 575 g/mol. The molecule has 0 saturated heterocycles. The van der Waals surface area contributed by atoms with E-state index in [0.29, 0.717) is 30.7 Å². The molecule has 4 aromatic rings. The molecule has 13 heteroatoms. The third-order valence-electron chi connectivity index (χ3n) is 6.74. The SMILES string of the molecule is CCCc1ccccc1N1C(=O)CN=C1NCOCNCCc1ccc(-c2ncn(-c3ccc(OC(F)(F)F)cc3)n2)cc1. The van der Waals surface area contributed by atoms with E-state index in [9.17, 15) is 18.0 Å². The van der Waals surface area contributed by atoms with Gasteiger partial charge in [0.1, 0.15) is 25.4 Å². The van der Waals surface area contributed by atoms with E-state index in [1.165, 1.54) is 35.3 Å². The first kappa shape index (κ1) is 30.7. The molecule has 3 aromatic carbocycles. The molecule has 0 spiro atoms. The van der Waals surface area contributed by atoms with Crippen molar-refractivity contribution in [3.05, 3.63) is 90.3 Å². The number of aromatic nitrogens is 3. The minimum Gasteiger partial charge on any atom is -0.406 e. The van der Waals surface area contributed by atoms with Gasteiger partial charge in [-0.05, 0) is 54.3 Å². The van der Waals surface area contributed by atoms with E-state index in [-0.39, 0.29) is 24.9 Å². The molecule has 0 fully saturated rings. The van der Waals surface area contributed by atoms with Crippen molar-refractivity contribution in [3.8, 4) is 22.8 Å². The van der Waals surface area contributed by atoms with Gasteiger partial charge in [0.2, 0.25) is 5.96 Å². The number of halogens is 3. The van der Waals surface area contributed by atoms with Crippen LogP contribution in [0.2, 0.25) is 0 Å². The number of ether oxygens (including phenoxy) is 2. The van der Waals surface area contributed by atoms with Crippen molar-refractivity contribution in [3.63, 3.8) is 0 Å². The van der Waals surface area contributed by atoms with Crippen molar-refractivity contribution in [2.24, 2.45) is 4.99 Å². The van der Waals surface area contributed by atoms with Gasteiger partial charge in [-0.15, -0.1) is 18.3 Å². The molecule has 2 N–H and O–H groups in total. The minimum absolute atomic E-state index is 0.0718. The summed E-state index contributed by atoms with van der Waals surface area (Å²) in [4.78, 5) is 22.8. The summed E-state index contributed by atoms with van der Waals surface area (Å²) in [5, 5.41) is 10.8. The van der Waals surface area contributed by atoms with Crippen LogP contribution in [0, 0.1) is 0 Å². The van der Waals surface area contributed by atoms with E-state index in [4.69, 9.17) is 4.74 Å². The Balaban J connectivity index is 1.03. The molecule has 0 saturated carbocycles. The fraction of sp³-hybridized carbons (Fsp3) is 0.290. The molecule has 1 amide bonds. The summed E-state index contributed by atoms with van der Waals surface area (Å²) >= 11 is 0. The Kier molecular flexibility index (Phi) is 9.87. The first-order valence-electron chi connectivity index (χ1n) is 14.2. The summed E-state index contributed by atoms with van der Waals surface area (Å²) < 4.78 is 48.2. The van der Waals surface area contributed by atoms with Crippen LogP contribution >= 0.6 is 0 Å². The summed E-state index contributed by atoms with van der Waals surface area (Å²) in [6.07, 6.45) is -0.610. The molecule has 0 bridgehead atoms. The van der Waals surface area contributed by atoms with Crippen LogP contribution in [-0.2, 0) is 22.4 Å². The van der Waals surface area contributed by atoms with Crippen LogP contribution in [0.5, 0.6) is 5.75 Å². The van der Waals surface area contributed by atoms with Crippen molar-refractivity contribution in [2.75, 3.05) is 31.5 Å². The van der Waals surface area contributed by atoms with Crippen molar-refractivity contribution in [1.82, 2.24) is 25.4 Å². The van der Waals surface area contributed by atoms with Gasteiger partial charge >= 0.3 is 6.36 Å². The summed E-state index contributed by atoms with van der Waals surface area (Å²) in [6, 6.07) is 21.1. The Bertz CT molecular complexity index is 1570. The number of carbonyl (C=O) groups excluding carboxylic acids is 1. The Labute approximate surface area is 252 Å². The largest absolute Gasteiger partial charge is 0.573 e. The second-order valence-electron chi connectivity index (χ2n) is 9.92. The molecule has 10 nitrogen and oxygen atoms in total. The van der Waals surface area contributed by atoms with Crippen molar-refractivity contribution >= 4 is 17.6 Å². The zero-order valence-corrected chi connectivity index (χ0v) is 24.1. The number of hydrogen-bond acceptors (Lipinski definition) is 8. The summed E-state index contributed by atoms with van der Waals surface area (Å²) in [5.41, 5.74) is 4.43. The molecule has 2 heterocycles. The lowest BCUT2D eigenvalue weighted by atomic mass is 10.1. The number of aryl methyl sites for hydroxylation is 1. The number of nitrogens with zero attached hydrogens (tertiary/aromatic N) is 5. The molecular formula is C31H32F3N7O3. The fourth-order valence-corrected chi connectivity index (χ4v) is 4.68. The van der Waals surface area contributed by atoms with Gasteiger partial charge in [-0.25, -0.2) is 19.6 Å². The van der Waals surface area contributed by atoms with E-state index >= 15 is 0 Å². The highest BCUT2D eigenvalue weighted by molar-refractivity contribution is 6.20. The Morgan fingerprint density at radius 2 is 1.73 bits per heavy atom. The van der Waals surface area contributed by atoms with Gasteiger partial charge in [0.15, 0.2) is 5.82 Å². The van der Waals surface area contributed by atoms with E-state index in [0.717, 1.165) is 41.6 Å². The fourth-order valence-electron chi connectivity index (χ4n) is 4.68. The number of alkyl halides is 3. The molecule has 1 aromatic heterocycles. The molecule has 230 valence electrons. The molecule has 5 rings (SSSR count). The molecule has 0 atom stereocenters. The van der Waals surface area contributed by atoms with Gasteiger partial charge in [-0.1, -0.05) is 55.8 Å². The molecule has 0 radical (unpaired) electrons. The molecule has 1 aliphatic heterocycles. The lowest BCUT2D eigenvalue weighted by molar-refractivity contribution is -0.274. The van der Waals surface area contributed by atoms with Gasteiger partial charge in [0, 0.05) is 12.1 Å². The highest BCUT2D eigenvalue weighted by atomic mass is 19.4. The number of rotatable bonds is 13. The number of anilines is 1. The standard InChI is InChI=1S/C31H32F3N7O3/c1-2-5-23-6-3-4-7-27(23)41-28(42)18-36-30(41)38-21-43-20-35-17-16-22-8-10-24(11-9-22)29-37-19-40(39-29)25-12-14-26(15-13-25)44-31(32,33)34/h3-4,6-15,19,35H,2,5,16-18,20-21H2,1H3,(H,36,38). The predicted octanol–water partition coefficient (Wildman–Crippen LogP) is 4.84. The third kappa shape index (κ3) is 7.99. The van der Waals surface area contributed by atoms with E-state index < -0.39 is 6.36 Å². The summed E-state index contributed by atoms with van der Waals surface area (Å²) in [5.74, 6) is 0.610. The quantitative estimate of drug-likeness (QED) is 0.166. The summed E-state index contributed by atoms with van der Waals surface area (Å²) in [6.45, 7) is 3.43. The average molecular weight is 608 g/mol. The second-order valence-corrected chi connectivity index (χ2v) is 9.92. The number of nitrogens with one attached hydrogen (secondary N) is 2. The van der Waals surface area contributed by atoms with Crippen LogP contribution in [0.4, 0.5) is 18.9 Å².